The third-order valence-corrected chi connectivity index (χ3v) is 4.00. The molecule has 17 heavy (non-hydrogen) atoms. The zero-order chi connectivity index (χ0) is 12.5. The van der Waals surface area contributed by atoms with E-state index in [1.54, 1.807) is 0 Å². The highest BCUT2D eigenvalue weighted by Crippen LogP contribution is 2.16. The van der Waals surface area contributed by atoms with Gasteiger partial charge in [0.2, 0.25) is 0 Å². The van der Waals surface area contributed by atoms with E-state index in [0.717, 1.165) is 18.0 Å². The third kappa shape index (κ3) is 6.35. The Kier molecular flexibility index (Phi) is 7.74. The first kappa shape index (κ1) is 14.9. The fourth-order valence-electron chi connectivity index (χ4n) is 1.73. The van der Waals surface area contributed by atoms with E-state index in [1.807, 2.05) is 30.0 Å². The van der Waals surface area contributed by atoms with Crippen molar-refractivity contribution >= 4 is 23.4 Å². The number of rotatable bonds is 8. The van der Waals surface area contributed by atoms with Gasteiger partial charge in [0.1, 0.15) is 0 Å². The van der Waals surface area contributed by atoms with Gasteiger partial charge < -0.3 is 5.32 Å². The summed E-state index contributed by atoms with van der Waals surface area (Å²) in [6.07, 6.45) is 2.24. The lowest BCUT2D eigenvalue weighted by atomic mass is 10.1. The highest BCUT2D eigenvalue weighted by atomic mass is 35.5. The Morgan fingerprint density at radius 3 is 2.82 bits per heavy atom. The smallest absolute Gasteiger partial charge is 0.0438 e. The van der Waals surface area contributed by atoms with E-state index in [-0.39, 0.29) is 0 Å². The Labute approximate surface area is 114 Å². The van der Waals surface area contributed by atoms with Crippen LogP contribution in [0.5, 0.6) is 0 Å². The molecule has 1 rings (SSSR count). The van der Waals surface area contributed by atoms with Crippen LogP contribution in [0, 0.1) is 0 Å². The second kappa shape index (κ2) is 8.84. The summed E-state index contributed by atoms with van der Waals surface area (Å²) in [5.41, 5.74) is 1.23. The van der Waals surface area contributed by atoms with Gasteiger partial charge >= 0.3 is 0 Å². The van der Waals surface area contributed by atoms with E-state index in [9.17, 15) is 0 Å². The van der Waals surface area contributed by atoms with Crippen LogP contribution in [0.3, 0.4) is 0 Å². The maximum Gasteiger partial charge on any atom is 0.0438 e. The Morgan fingerprint density at radius 2 is 2.12 bits per heavy atom. The molecule has 0 spiro atoms. The molecule has 0 aliphatic heterocycles. The Bertz CT molecular complexity index is 317. The molecule has 0 aliphatic rings. The molecule has 0 saturated carbocycles. The first-order chi connectivity index (χ1) is 8.24. The summed E-state index contributed by atoms with van der Waals surface area (Å²) in [6.45, 7) is 5.52. The van der Waals surface area contributed by atoms with Gasteiger partial charge in [-0.05, 0) is 49.4 Å². The standard InChI is InChI=1S/C14H22ClNS/c1-3-17-10-6-9-16-12(2)11-13-7-4-5-8-14(13)15/h4-5,7-8,12,16H,3,6,9-11H2,1-2H3. The summed E-state index contributed by atoms with van der Waals surface area (Å²) in [5.74, 6) is 2.47. The van der Waals surface area contributed by atoms with Crippen molar-refractivity contribution in [3.63, 3.8) is 0 Å². The molecule has 0 saturated heterocycles. The minimum Gasteiger partial charge on any atom is -0.314 e. The molecule has 1 aromatic rings. The number of hydrogen-bond acceptors (Lipinski definition) is 2. The number of hydrogen-bond donors (Lipinski definition) is 1. The molecule has 0 amide bonds. The average Bonchev–Trinajstić information content (AvgIpc) is 2.32. The number of nitrogens with one attached hydrogen (secondary N) is 1. The topological polar surface area (TPSA) is 12.0 Å². The van der Waals surface area contributed by atoms with Crippen LogP contribution in [0.2, 0.25) is 5.02 Å². The van der Waals surface area contributed by atoms with Gasteiger partial charge in [-0.2, -0.15) is 11.8 Å². The summed E-state index contributed by atoms with van der Waals surface area (Å²) in [6, 6.07) is 8.58. The van der Waals surface area contributed by atoms with Crippen molar-refractivity contribution < 1.29 is 0 Å². The molecule has 0 aromatic heterocycles. The minimum absolute atomic E-state index is 0.488. The molecule has 96 valence electrons. The van der Waals surface area contributed by atoms with E-state index < -0.39 is 0 Å². The molecule has 1 aromatic carbocycles. The molecule has 0 aliphatic carbocycles. The van der Waals surface area contributed by atoms with Gasteiger partial charge in [0.05, 0.1) is 0 Å². The first-order valence-electron chi connectivity index (χ1n) is 6.28. The molecule has 1 atom stereocenters. The third-order valence-electron chi connectivity index (χ3n) is 2.65. The molecule has 1 unspecified atom stereocenters. The highest BCUT2D eigenvalue weighted by molar-refractivity contribution is 7.99. The fraction of sp³-hybridized carbons (Fsp3) is 0.571. The van der Waals surface area contributed by atoms with Gasteiger partial charge in [-0.15, -0.1) is 0 Å². The van der Waals surface area contributed by atoms with E-state index in [4.69, 9.17) is 11.6 Å². The molecule has 0 bridgehead atoms. The van der Waals surface area contributed by atoms with Crippen LogP contribution < -0.4 is 5.32 Å². The summed E-state index contributed by atoms with van der Waals surface area (Å²) in [7, 11) is 0. The molecular weight excluding hydrogens is 250 g/mol. The molecule has 0 fully saturated rings. The quantitative estimate of drug-likeness (QED) is 0.717. The lowest BCUT2D eigenvalue weighted by Gasteiger charge is -2.14. The second-order valence-electron chi connectivity index (χ2n) is 4.20. The van der Waals surface area contributed by atoms with Crippen LogP contribution in [-0.4, -0.2) is 24.1 Å². The number of halogens is 1. The minimum atomic E-state index is 0.488. The van der Waals surface area contributed by atoms with Crippen molar-refractivity contribution in [1.82, 2.24) is 5.32 Å². The van der Waals surface area contributed by atoms with Gasteiger partial charge in [-0.1, -0.05) is 36.7 Å². The maximum absolute atomic E-state index is 6.14. The van der Waals surface area contributed by atoms with Crippen molar-refractivity contribution in [3.8, 4) is 0 Å². The first-order valence-corrected chi connectivity index (χ1v) is 7.81. The van der Waals surface area contributed by atoms with Crippen molar-refractivity contribution in [2.24, 2.45) is 0 Å². The van der Waals surface area contributed by atoms with E-state index in [1.165, 1.54) is 23.5 Å². The SMILES string of the molecule is CCSCCCNC(C)Cc1ccccc1Cl. The van der Waals surface area contributed by atoms with Crippen molar-refractivity contribution in [3.05, 3.63) is 34.9 Å². The monoisotopic (exact) mass is 271 g/mol. The van der Waals surface area contributed by atoms with Crippen LogP contribution >= 0.6 is 23.4 Å². The molecular formula is C14H22ClNS. The van der Waals surface area contributed by atoms with E-state index in [0.29, 0.717) is 6.04 Å². The Hall–Kier alpha value is -0.180. The number of thioether (sulfide) groups is 1. The highest BCUT2D eigenvalue weighted by Gasteiger charge is 2.05. The summed E-state index contributed by atoms with van der Waals surface area (Å²) < 4.78 is 0. The average molecular weight is 272 g/mol. The van der Waals surface area contributed by atoms with Crippen LogP contribution in [0.15, 0.2) is 24.3 Å². The van der Waals surface area contributed by atoms with E-state index in [2.05, 4.69) is 25.2 Å². The van der Waals surface area contributed by atoms with Gasteiger partial charge in [0.25, 0.3) is 0 Å². The van der Waals surface area contributed by atoms with Crippen LogP contribution in [0.1, 0.15) is 25.8 Å². The van der Waals surface area contributed by atoms with Crippen LogP contribution in [0.25, 0.3) is 0 Å². The summed E-state index contributed by atoms with van der Waals surface area (Å²) in [4.78, 5) is 0. The largest absolute Gasteiger partial charge is 0.314 e. The Morgan fingerprint density at radius 1 is 1.35 bits per heavy atom. The lowest BCUT2D eigenvalue weighted by Crippen LogP contribution is -2.29. The fourth-order valence-corrected chi connectivity index (χ4v) is 2.58. The molecule has 1 nitrogen and oxygen atoms in total. The normalized spacial score (nSPS) is 12.6. The van der Waals surface area contributed by atoms with Crippen molar-refractivity contribution in [1.29, 1.82) is 0 Å². The van der Waals surface area contributed by atoms with Crippen molar-refractivity contribution in [2.75, 3.05) is 18.1 Å². The van der Waals surface area contributed by atoms with Crippen molar-refractivity contribution in [2.45, 2.75) is 32.7 Å². The summed E-state index contributed by atoms with van der Waals surface area (Å²) in [5, 5.41) is 4.42. The predicted octanol–water partition coefficient (Wildman–Crippen LogP) is 4.00. The zero-order valence-electron chi connectivity index (χ0n) is 10.7. The van der Waals surface area contributed by atoms with E-state index >= 15 is 0 Å². The second-order valence-corrected chi connectivity index (χ2v) is 6.00. The van der Waals surface area contributed by atoms with Gasteiger partial charge in [0, 0.05) is 11.1 Å². The number of benzene rings is 1. The van der Waals surface area contributed by atoms with Crippen LogP contribution in [-0.2, 0) is 6.42 Å². The lowest BCUT2D eigenvalue weighted by molar-refractivity contribution is 0.545. The van der Waals surface area contributed by atoms with Gasteiger partial charge in [0.15, 0.2) is 0 Å². The van der Waals surface area contributed by atoms with Crippen LogP contribution in [0.4, 0.5) is 0 Å². The van der Waals surface area contributed by atoms with Gasteiger partial charge in [-0.3, -0.25) is 0 Å². The molecule has 0 heterocycles. The van der Waals surface area contributed by atoms with Gasteiger partial charge in [-0.25, -0.2) is 0 Å². The maximum atomic E-state index is 6.14. The molecule has 1 N–H and O–H groups in total. The Balaban J connectivity index is 2.21. The predicted molar refractivity (Wildman–Crippen MR) is 80.2 cm³/mol. The molecule has 0 radical (unpaired) electrons. The summed E-state index contributed by atoms with van der Waals surface area (Å²) >= 11 is 8.14. The molecule has 3 heteroatoms. The zero-order valence-corrected chi connectivity index (χ0v) is 12.3.